The molecule has 2 fully saturated rings. The molecule has 2 aliphatic rings. The summed E-state index contributed by atoms with van der Waals surface area (Å²) in [5, 5.41) is 64.4. The molecule has 1 aromatic carbocycles. The van der Waals surface area contributed by atoms with E-state index in [1.165, 1.54) is 6.07 Å². The van der Waals surface area contributed by atoms with E-state index in [0.717, 1.165) is 0 Å². The first-order chi connectivity index (χ1) is 16.6. The van der Waals surface area contributed by atoms with Crippen LogP contribution >= 0.6 is 0 Å². The molecule has 9 N–H and O–H groups in total. The van der Waals surface area contributed by atoms with E-state index >= 15 is 0 Å². The first-order valence-corrected chi connectivity index (χ1v) is 11.1. The van der Waals surface area contributed by atoms with E-state index in [2.05, 4.69) is 5.32 Å². The number of aryl methyl sites for hydroxylation is 1. The number of anilines is 1. The third kappa shape index (κ3) is 5.06. The van der Waals surface area contributed by atoms with Crippen molar-refractivity contribution in [2.75, 3.05) is 18.5 Å². The van der Waals surface area contributed by atoms with Gasteiger partial charge in [0.2, 0.25) is 0 Å². The zero-order chi connectivity index (χ0) is 25.4. The smallest absolute Gasteiger partial charge is 0.339 e. The molecule has 0 saturated carbocycles. The van der Waals surface area contributed by atoms with Gasteiger partial charge in [-0.15, -0.1) is 0 Å². The predicted molar refractivity (Wildman–Crippen MR) is 119 cm³/mol. The molecule has 10 atom stereocenters. The van der Waals surface area contributed by atoms with Gasteiger partial charge < -0.3 is 60.3 Å². The molecule has 0 radical (unpaired) electrons. The lowest BCUT2D eigenvalue weighted by Gasteiger charge is -2.46. The van der Waals surface area contributed by atoms with Crippen molar-refractivity contribution < 1.29 is 49.3 Å². The Hall–Kier alpha value is -2.17. The topological polar surface area (TPSA) is 217 Å². The van der Waals surface area contributed by atoms with E-state index in [9.17, 15) is 35.4 Å². The van der Waals surface area contributed by atoms with Crippen LogP contribution in [0.2, 0.25) is 0 Å². The summed E-state index contributed by atoms with van der Waals surface area (Å²) >= 11 is 0. The first kappa shape index (κ1) is 25.9. The van der Waals surface area contributed by atoms with Crippen LogP contribution in [0.5, 0.6) is 0 Å². The predicted octanol–water partition coefficient (Wildman–Crippen LogP) is -2.90. The van der Waals surface area contributed by atoms with E-state index in [4.69, 9.17) is 24.4 Å². The zero-order valence-corrected chi connectivity index (χ0v) is 18.8. The summed E-state index contributed by atoms with van der Waals surface area (Å²) in [6.45, 7) is 0.368. The van der Waals surface area contributed by atoms with Crippen molar-refractivity contribution in [1.82, 2.24) is 0 Å². The first-order valence-electron chi connectivity index (χ1n) is 11.1. The third-order valence-corrected chi connectivity index (χ3v) is 6.34. The fourth-order valence-electron chi connectivity index (χ4n) is 4.28. The summed E-state index contributed by atoms with van der Waals surface area (Å²) < 4.78 is 21.9. The van der Waals surface area contributed by atoms with Gasteiger partial charge in [-0.3, -0.25) is 0 Å². The third-order valence-electron chi connectivity index (χ3n) is 6.34. The molecule has 0 amide bonds. The van der Waals surface area contributed by atoms with Gasteiger partial charge in [0.15, 0.2) is 12.6 Å². The molecule has 35 heavy (non-hydrogen) atoms. The Morgan fingerprint density at radius 1 is 1.00 bits per heavy atom. The monoisotopic (exact) mass is 498 g/mol. The van der Waals surface area contributed by atoms with Crippen molar-refractivity contribution in [2.24, 2.45) is 5.73 Å². The Morgan fingerprint density at radius 3 is 2.40 bits per heavy atom. The van der Waals surface area contributed by atoms with Crippen molar-refractivity contribution in [3.63, 3.8) is 0 Å². The summed E-state index contributed by atoms with van der Waals surface area (Å²) in [7, 11) is 0. The van der Waals surface area contributed by atoms with Gasteiger partial charge in [0, 0.05) is 22.7 Å². The molecule has 0 unspecified atom stereocenters. The highest BCUT2D eigenvalue weighted by atomic mass is 16.7. The SMILES string of the molecule is Cc1cc2ccc(N[C@@H]3[C@@H](O)[C@H](O[C@@H]4O[C@H](CO)[C@@H](O)[C@H](O)[C@H]4N)[C@@H](CO)O[C@H]3O)cc2oc1=O. The van der Waals surface area contributed by atoms with E-state index in [0.29, 0.717) is 16.6 Å². The van der Waals surface area contributed by atoms with Crippen molar-refractivity contribution in [1.29, 1.82) is 0 Å². The molecule has 1 aromatic heterocycles. The van der Waals surface area contributed by atoms with Crippen LogP contribution in [0, 0.1) is 6.92 Å². The van der Waals surface area contributed by atoms with Gasteiger partial charge in [-0.05, 0) is 25.1 Å². The molecule has 2 aromatic rings. The summed E-state index contributed by atoms with van der Waals surface area (Å²) in [6.07, 6.45) is -11.1. The summed E-state index contributed by atoms with van der Waals surface area (Å²) in [6, 6.07) is 4.13. The van der Waals surface area contributed by atoms with Crippen molar-refractivity contribution in [2.45, 2.75) is 68.2 Å². The van der Waals surface area contributed by atoms with Gasteiger partial charge in [0.25, 0.3) is 0 Å². The van der Waals surface area contributed by atoms with Crippen LogP contribution in [0.3, 0.4) is 0 Å². The minimum absolute atomic E-state index is 0.288. The summed E-state index contributed by atoms with van der Waals surface area (Å²) in [5.41, 5.74) is 6.55. The van der Waals surface area contributed by atoms with E-state index in [1.807, 2.05) is 0 Å². The van der Waals surface area contributed by atoms with Crippen LogP contribution in [0.1, 0.15) is 5.56 Å². The lowest BCUT2D eigenvalue weighted by molar-refractivity contribution is -0.322. The quantitative estimate of drug-likeness (QED) is 0.188. The summed E-state index contributed by atoms with van der Waals surface area (Å²) in [4.78, 5) is 11.9. The fraction of sp³-hybridized carbons (Fsp3) is 0.591. The molecular weight excluding hydrogens is 468 g/mol. The van der Waals surface area contributed by atoms with Crippen LogP contribution in [0.15, 0.2) is 33.5 Å². The van der Waals surface area contributed by atoms with Crippen LogP contribution < -0.4 is 16.7 Å². The highest BCUT2D eigenvalue weighted by Gasteiger charge is 2.50. The van der Waals surface area contributed by atoms with Gasteiger partial charge in [-0.25, -0.2) is 4.79 Å². The lowest BCUT2D eigenvalue weighted by Crippen LogP contribution is -2.67. The molecule has 0 bridgehead atoms. The average Bonchev–Trinajstić information content (AvgIpc) is 2.84. The molecule has 13 nitrogen and oxygen atoms in total. The van der Waals surface area contributed by atoms with E-state index < -0.39 is 80.1 Å². The van der Waals surface area contributed by atoms with Crippen molar-refractivity contribution in [3.05, 3.63) is 40.2 Å². The molecule has 4 rings (SSSR count). The lowest BCUT2D eigenvalue weighted by atomic mass is 9.95. The van der Waals surface area contributed by atoms with Crippen LogP contribution in [0.4, 0.5) is 5.69 Å². The van der Waals surface area contributed by atoms with Crippen molar-refractivity contribution in [3.8, 4) is 0 Å². The molecule has 2 saturated heterocycles. The Morgan fingerprint density at radius 2 is 1.71 bits per heavy atom. The molecule has 0 spiro atoms. The minimum Gasteiger partial charge on any atom is -0.422 e. The van der Waals surface area contributed by atoms with Crippen LogP contribution in [0.25, 0.3) is 11.0 Å². The number of rotatable bonds is 6. The summed E-state index contributed by atoms with van der Waals surface area (Å²) in [5.74, 6) is 0. The molecule has 3 heterocycles. The van der Waals surface area contributed by atoms with Gasteiger partial charge in [0.1, 0.15) is 48.2 Å². The van der Waals surface area contributed by atoms with E-state index in [1.54, 1.807) is 25.1 Å². The Labute approximate surface area is 199 Å². The number of aliphatic hydroxyl groups excluding tert-OH is 6. The normalized spacial score (nSPS) is 37.9. The molecule has 0 aliphatic carbocycles. The molecular formula is C22H30N2O11. The Bertz CT molecular complexity index is 1080. The Kier molecular flexibility index (Phi) is 7.73. The number of fused-ring (bicyclic) bond motifs is 1. The number of benzene rings is 1. The van der Waals surface area contributed by atoms with Gasteiger partial charge >= 0.3 is 5.63 Å². The van der Waals surface area contributed by atoms with Gasteiger partial charge in [0.05, 0.1) is 19.3 Å². The molecule has 194 valence electrons. The highest BCUT2D eigenvalue weighted by molar-refractivity contribution is 5.80. The standard InChI is InChI=1S/C22H30N2O11/c1-8-4-9-2-3-10(5-11(9)32-20(8)30)24-15-18(29)19(13(7-26)33-21(15)31)35-22-14(23)17(28)16(27)12(6-25)34-22/h2-5,12-19,21-22,24-29,31H,6-7,23H2,1H3/t12-,13-,14-,15-,16-,17-,18-,19-,21-,22+/m1/s1. The number of aliphatic hydroxyl groups is 6. The maximum Gasteiger partial charge on any atom is 0.339 e. The Balaban J connectivity index is 1.55. The highest BCUT2D eigenvalue weighted by Crippen LogP contribution is 2.30. The number of nitrogens with one attached hydrogen (secondary N) is 1. The van der Waals surface area contributed by atoms with Crippen LogP contribution in [-0.2, 0) is 14.2 Å². The van der Waals surface area contributed by atoms with Gasteiger partial charge in [-0.2, -0.15) is 0 Å². The maximum absolute atomic E-state index is 11.9. The van der Waals surface area contributed by atoms with Gasteiger partial charge in [-0.1, -0.05) is 0 Å². The molecule has 13 heteroatoms. The number of ether oxygens (including phenoxy) is 3. The fourth-order valence-corrected chi connectivity index (χ4v) is 4.28. The second-order valence-corrected chi connectivity index (χ2v) is 8.76. The number of hydrogen-bond donors (Lipinski definition) is 8. The number of nitrogens with two attached hydrogens (primary N) is 1. The minimum atomic E-state index is -1.57. The number of hydrogen-bond acceptors (Lipinski definition) is 13. The second kappa shape index (κ2) is 10.4. The van der Waals surface area contributed by atoms with Crippen molar-refractivity contribution >= 4 is 16.7 Å². The van der Waals surface area contributed by atoms with Crippen LogP contribution in [-0.4, -0.2) is 105 Å². The zero-order valence-electron chi connectivity index (χ0n) is 18.8. The average molecular weight is 498 g/mol. The second-order valence-electron chi connectivity index (χ2n) is 8.76. The largest absolute Gasteiger partial charge is 0.422 e. The maximum atomic E-state index is 11.9. The molecule has 2 aliphatic heterocycles. The van der Waals surface area contributed by atoms with E-state index in [-0.39, 0.29) is 5.58 Å².